The number of hydrogen-bond acceptors (Lipinski definition) is 3. The van der Waals surface area contributed by atoms with Gasteiger partial charge in [-0.15, -0.1) is 0 Å². The first kappa shape index (κ1) is 16.8. The van der Waals surface area contributed by atoms with Gasteiger partial charge in [0.1, 0.15) is 11.6 Å². The monoisotopic (exact) mass is 344 g/mol. The number of anilines is 1. The lowest BCUT2D eigenvalue weighted by atomic mass is 10.2. The predicted octanol–water partition coefficient (Wildman–Crippen LogP) is 5.50. The number of ether oxygens (including phenoxy) is 1. The highest BCUT2D eigenvalue weighted by molar-refractivity contribution is 5.40. The van der Waals surface area contributed by atoms with E-state index in [-0.39, 0.29) is 11.6 Å². The molecule has 0 aliphatic heterocycles. The van der Waals surface area contributed by atoms with Crippen LogP contribution in [0, 0.1) is 0 Å². The Balaban J connectivity index is 1.69. The van der Waals surface area contributed by atoms with Crippen molar-refractivity contribution in [1.29, 1.82) is 0 Å². The zero-order valence-corrected chi connectivity index (χ0v) is 13.1. The highest BCUT2D eigenvalue weighted by atomic mass is 19.4. The molecule has 128 valence electrons. The van der Waals surface area contributed by atoms with Crippen LogP contribution in [0.15, 0.2) is 72.8 Å². The summed E-state index contributed by atoms with van der Waals surface area (Å²) in [7, 11) is 0. The molecule has 0 atom stereocenters. The maximum Gasteiger partial charge on any atom is 0.416 e. The van der Waals surface area contributed by atoms with Crippen LogP contribution in [0.1, 0.15) is 11.1 Å². The van der Waals surface area contributed by atoms with Gasteiger partial charge in [0.05, 0.1) is 5.56 Å². The number of nitrogens with zero attached hydrogens (tertiary/aromatic N) is 1. The zero-order chi connectivity index (χ0) is 17.7. The molecule has 0 amide bonds. The first-order valence-corrected chi connectivity index (χ1v) is 7.61. The molecular weight excluding hydrogens is 329 g/mol. The van der Waals surface area contributed by atoms with Gasteiger partial charge in [0.25, 0.3) is 0 Å². The summed E-state index contributed by atoms with van der Waals surface area (Å²) in [4.78, 5) is 4.26. The molecule has 3 nitrogen and oxygen atoms in total. The third-order valence-corrected chi connectivity index (χ3v) is 3.42. The summed E-state index contributed by atoms with van der Waals surface area (Å²) >= 11 is 0. The summed E-state index contributed by atoms with van der Waals surface area (Å²) in [6, 6.07) is 19.6. The van der Waals surface area contributed by atoms with Crippen molar-refractivity contribution in [3.8, 4) is 11.6 Å². The Bertz CT molecular complexity index is 835. The molecule has 1 N–H and O–H groups in total. The molecule has 1 heterocycles. The van der Waals surface area contributed by atoms with Crippen molar-refractivity contribution in [2.75, 3.05) is 5.32 Å². The van der Waals surface area contributed by atoms with Gasteiger partial charge in [-0.25, -0.2) is 0 Å². The summed E-state index contributed by atoms with van der Waals surface area (Å²) in [5.74, 6) is 0.883. The van der Waals surface area contributed by atoms with E-state index in [0.29, 0.717) is 12.4 Å². The average Bonchev–Trinajstić information content (AvgIpc) is 2.61. The molecule has 0 unspecified atom stereocenters. The van der Waals surface area contributed by atoms with E-state index in [1.165, 1.54) is 12.1 Å². The van der Waals surface area contributed by atoms with E-state index >= 15 is 0 Å². The number of aromatic nitrogens is 1. The molecule has 3 aromatic rings. The minimum Gasteiger partial charge on any atom is -0.439 e. The average molecular weight is 344 g/mol. The van der Waals surface area contributed by atoms with Crippen molar-refractivity contribution in [3.05, 3.63) is 83.9 Å². The van der Waals surface area contributed by atoms with E-state index in [1.54, 1.807) is 18.2 Å². The number of alkyl halides is 3. The van der Waals surface area contributed by atoms with Crippen LogP contribution in [0.3, 0.4) is 0 Å². The van der Waals surface area contributed by atoms with Gasteiger partial charge in [-0.1, -0.05) is 42.5 Å². The molecule has 0 saturated heterocycles. The van der Waals surface area contributed by atoms with Crippen molar-refractivity contribution in [3.63, 3.8) is 0 Å². The Kier molecular flexibility index (Phi) is 4.88. The molecule has 0 aliphatic carbocycles. The second-order valence-electron chi connectivity index (χ2n) is 5.33. The molecule has 0 saturated carbocycles. The van der Waals surface area contributed by atoms with E-state index in [9.17, 15) is 13.2 Å². The van der Waals surface area contributed by atoms with Crippen molar-refractivity contribution >= 4 is 5.82 Å². The standard InChI is InChI=1S/C19H15F3N2O/c20-19(21,22)15-8-4-9-16(12-15)25-18-11-5-10-17(24-18)23-13-14-6-2-1-3-7-14/h1-12H,13H2,(H,23,24). The quantitative estimate of drug-likeness (QED) is 0.663. The molecule has 0 spiro atoms. The molecule has 3 rings (SSSR count). The van der Waals surface area contributed by atoms with E-state index in [2.05, 4.69) is 10.3 Å². The van der Waals surface area contributed by atoms with Gasteiger partial charge in [-0.3, -0.25) is 0 Å². The molecule has 0 radical (unpaired) electrons. The summed E-state index contributed by atoms with van der Waals surface area (Å²) in [6.07, 6.45) is -4.41. The lowest BCUT2D eigenvalue weighted by Crippen LogP contribution is -2.04. The minimum absolute atomic E-state index is 0.0857. The Hall–Kier alpha value is -3.02. The Morgan fingerprint density at radius 2 is 1.64 bits per heavy atom. The van der Waals surface area contributed by atoms with E-state index < -0.39 is 11.7 Å². The van der Waals surface area contributed by atoms with Crippen LogP contribution in [0.5, 0.6) is 11.6 Å². The van der Waals surface area contributed by atoms with E-state index in [4.69, 9.17) is 4.74 Å². The van der Waals surface area contributed by atoms with Crippen molar-refractivity contribution in [2.45, 2.75) is 12.7 Å². The van der Waals surface area contributed by atoms with Gasteiger partial charge in [0, 0.05) is 12.6 Å². The molecule has 0 fully saturated rings. The van der Waals surface area contributed by atoms with Gasteiger partial charge in [0.15, 0.2) is 0 Å². The molecule has 0 aliphatic rings. The maximum absolute atomic E-state index is 12.8. The number of pyridine rings is 1. The second-order valence-corrected chi connectivity index (χ2v) is 5.33. The molecule has 2 aromatic carbocycles. The zero-order valence-electron chi connectivity index (χ0n) is 13.1. The lowest BCUT2D eigenvalue weighted by molar-refractivity contribution is -0.137. The Labute approximate surface area is 143 Å². The number of nitrogens with one attached hydrogen (secondary N) is 1. The maximum atomic E-state index is 12.8. The van der Waals surface area contributed by atoms with Crippen molar-refractivity contribution in [1.82, 2.24) is 4.98 Å². The van der Waals surface area contributed by atoms with Crippen molar-refractivity contribution in [2.24, 2.45) is 0 Å². The van der Waals surface area contributed by atoms with E-state index in [0.717, 1.165) is 17.7 Å². The Morgan fingerprint density at radius 3 is 2.40 bits per heavy atom. The van der Waals surface area contributed by atoms with Crippen LogP contribution >= 0.6 is 0 Å². The summed E-state index contributed by atoms with van der Waals surface area (Å²) in [6.45, 7) is 0.584. The second kappa shape index (κ2) is 7.25. The first-order chi connectivity index (χ1) is 12.0. The summed E-state index contributed by atoms with van der Waals surface area (Å²) in [5.41, 5.74) is 0.330. The fourth-order valence-electron chi connectivity index (χ4n) is 2.22. The van der Waals surface area contributed by atoms with E-state index in [1.807, 2.05) is 30.3 Å². The molecule has 6 heteroatoms. The topological polar surface area (TPSA) is 34.1 Å². The van der Waals surface area contributed by atoms with Gasteiger partial charge in [-0.05, 0) is 29.8 Å². The smallest absolute Gasteiger partial charge is 0.416 e. The van der Waals surface area contributed by atoms with Crippen LogP contribution in [-0.4, -0.2) is 4.98 Å². The molecular formula is C19H15F3N2O. The molecule has 1 aromatic heterocycles. The minimum atomic E-state index is -4.41. The molecule has 0 bridgehead atoms. The number of rotatable bonds is 5. The van der Waals surface area contributed by atoms with Gasteiger partial charge >= 0.3 is 6.18 Å². The van der Waals surface area contributed by atoms with Gasteiger partial charge in [0.2, 0.25) is 5.88 Å². The van der Waals surface area contributed by atoms with Crippen LogP contribution in [-0.2, 0) is 12.7 Å². The van der Waals surface area contributed by atoms with Crippen LogP contribution in [0.25, 0.3) is 0 Å². The van der Waals surface area contributed by atoms with Gasteiger partial charge < -0.3 is 10.1 Å². The van der Waals surface area contributed by atoms with Crippen LogP contribution in [0.2, 0.25) is 0 Å². The third-order valence-electron chi connectivity index (χ3n) is 3.42. The highest BCUT2D eigenvalue weighted by Crippen LogP contribution is 2.32. The highest BCUT2D eigenvalue weighted by Gasteiger charge is 2.30. The number of benzene rings is 2. The molecule has 25 heavy (non-hydrogen) atoms. The van der Waals surface area contributed by atoms with Crippen LogP contribution < -0.4 is 10.1 Å². The van der Waals surface area contributed by atoms with Crippen LogP contribution in [0.4, 0.5) is 19.0 Å². The summed E-state index contributed by atoms with van der Waals surface area (Å²) < 4.78 is 43.7. The SMILES string of the molecule is FC(F)(F)c1cccc(Oc2cccc(NCc3ccccc3)n2)c1. The van der Waals surface area contributed by atoms with Gasteiger partial charge in [-0.2, -0.15) is 18.2 Å². The van der Waals surface area contributed by atoms with Crippen molar-refractivity contribution < 1.29 is 17.9 Å². The number of hydrogen-bond donors (Lipinski definition) is 1. The normalized spacial score (nSPS) is 11.2. The first-order valence-electron chi connectivity index (χ1n) is 7.61. The predicted molar refractivity (Wildman–Crippen MR) is 89.5 cm³/mol. The fraction of sp³-hybridized carbons (Fsp3) is 0.105. The Morgan fingerprint density at radius 1 is 0.880 bits per heavy atom. The third kappa shape index (κ3) is 4.73. The lowest BCUT2D eigenvalue weighted by Gasteiger charge is -2.11. The fourth-order valence-corrected chi connectivity index (χ4v) is 2.22. The summed E-state index contributed by atoms with van der Waals surface area (Å²) in [5, 5.41) is 3.15. The number of halogens is 3. The largest absolute Gasteiger partial charge is 0.439 e.